The van der Waals surface area contributed by atoms with E-state index in [9.17, 15) is 0 Å². The van der Waals surface area contributed by atoms with Crippen LogP contribution < -0.4 is 0 Å². The molecule has 204 valence electrons. The van der Waals surface area contributed by atoms with Gasteiger partial charge in [0.25, 0.3) is 0 Å². The van der Waals surface area contributed by atoms with Crippen molar-refractivity contribution in [3.05, 3.63) is 180 Å². The molecule has 0 fully saturated rings. The number of fused-ring (bicyclic) bond motifs is 3. The molecule has 1 aromatic heterocycles. The summed E-state index contributed by atoms with van der Waals surface area (Å²) in [5, 5.41) is 7.50. The highest BCUT2D eigenvalue weighted by molar-refractivity contribution is 6.19. The lowest BCUT2D eigenvalue weighted by atomic mass is 10.0. The first-order valence-electron chi connectivity index (χ1n) is 14.5. The minimum absolute atomic E-state index is 0.366. The molecule has 0 amide bonds. The number of aromatic nitrogens is 1. The summed E-state index contributed by atoms with van der Waals surface area (Å²) in [5.74, 6) is 1.37. The molecule has 0 radical (unpaired) electrons. The Morgan fingerprint density at radius 3 is 1.93 bits per heavy atom. The average Bonchev–Trinajstić information content (AvgIpc) is 3.43. The Kier molecular flexibility index (Phi) is 6.16. The zero-order chi connectivity index (χ0) is 28.6. The molecule has 0 saturated heterocycles. The van der Waals surface area contributed by atoms with E-state index < -0.39 is 0 Å². The van der Waals surface area contributed by atoms with Gasteiger partial charge in [0.05, 0.1) is 23.0 Å². The zero-order valence-corrected chi connectivity index (χ0v) is 23.4. The molecule has 1 aliphatic rings. The van der Waals surface area contributed by atoms with E-state index in [4.69, 9.17) is 15.3 Å². The van der Waals surface area contributed by atoms with E-state index in [-0.39, 0.29) is 6.17 Å². The molecule has 4 nitrogen and oxygen atoms in total. The Bertz CT molecular complexity index is 2140. The maximum atomic E-state index is 5.05. The van der Waals surface area contributed by atoms with Crippen LogP contribution in [-0.2, 0) is 0 Å². The van der Waals surface area contributed by atoms with Crippen molar-refractivity contribution in [2.75, 3.05) is 0 Å². The highest BCUT2D eigenvalue weighted by atomic mass is 15.2. The van der Waals surface area contributed by atoms with Gasteiger partial charge in [-0.3, -0.25) is 4.99 Å². The van der Waals surface area contributed by atoms with Crippen molar-refractivity contribution < 1.29 is 0 Å². The summed E-state index contributed by atoms with van der Waals surface area (Å²) in [4.78, 5) is 9.94. The molecule has 1 unspecified atom stereocenters. The van der Waals surface area contributed by atoms with Crippen molar-refractivity contribution in [2.45, 2.75) is 6.17 Å². The van der Waals surface area contributed by atoms with Gasteiger partial charge < -0.3 is 14.9 Å². The number of hydrogen-bond acceptors (Lipinski definition) is 2. The molecule has 0 saturated carbocycles. The lowest BCUT2D eigenvalue weighted by molar-refractivity contribution is 0.878. The number of hydrogen-bond donors (Lipinski definition) is 0. The lowest BCUT2D eigenvalue weighted by Crippen LogP contribution is -2.16. The standard InChI is InChI=1S/C39H27N4/c1-4-13-27(14-5-1)30-23-24-34-33-21-10-11-22-35(33)43(36(34)26-30)32-20-12-19-31(25-32)39-41-37(28-15-6-2-7-16-28)40-38(42-39)29-17-8-3-9-18-29/h1-26,37H/q-1. The highest BCUT2D eigenvalue weighted by Crippen LogP contribution is 2.36. The second-order valence-corrected chi connectivity index (χ2v) is 10.7. The van der Waals surface area contributed by atoms with Crippen LogP contribution in [0.5, 0.6) is 0 Å². The van der Waals surface area contributed by atoms with Crippen molar-refractivity contribution in [3.8, 4) is 16.8 Å². The Balaban J connectivity index is 1.28. The van der Waals surface area contributed by atoms with Crippen LogP contribution in [0.4, 0.5) is 0 Å². The predicted molar refractivity (Wildman–Crippen MR) is 178 cm³/mol. The molecule has 6 aromatic carbocycles. The maximum absolute atomic E-state index is 5.05. The summed E-state index contributed by atoms with van der Waals surface area (Å²) in [6.45, 7) is 0. The largest absolute Gasteiger partial charge is 0.438 e. The molecule has 1 aliphatic heterocycles. The molecule has 0 N–H and O–H groups in total. The molecule has 0 spiro atoms. The third-order valence-electron chi connectivity index (χ3n) is 7.97. The third-order valence-corrected chi connectivity index (χ3v) is 7.97. The fourth-order valence-corrected chi connectivity index (χ4v) is 5.90. The predicted octanol–water partition coefficient (Wildman–Crippen LogP) is 9.73. The van der Waals surface area contributed by atoms with Crippen LogP contribution in [-0.4, -0.2) is 16.2 Å². The Morgan fingerprint density at radius 2 is 1.14 bits per heavy atom. The Morgan fingerprint density at radius 1 is 0.488 bits per heavy atom. The number of nitrogens with zero attached hydrogens (tertiary/aromatic N) is 4. The quantitative estimate of drug-likeness (QED) is 0.204. The van der Waals surface area contributed by atoms with Crippen LogP contribution in [0.3, 0.4) is 0 Å². The molecule has 2 heterocycles. The summed E-state index contributed by atoms with van der Waals surface area (Å²) in [6, 6.07) is 54.8. The molecule has 0 aliphatic carbocycles. The van der Waals surface area contributed by atoms with Crippen molar-refractivity contribution in [1.29, 1.82) is 0 Å². The van der Waals surface area contributed by atoms with Gasteiger partial charge in [-0.2, -0.15) is 0 Å². The first-order chi connectivity index (χ1) is 21.3. The Labute approximate surface area is 250 Å². The average molecular weight is 552 g/mol. The first-order valence-corrected chi connectivity index (χ1v) is 14.5. The zero-order valence-electron chi connectivity index (χ0n) is 23.4. The second-order valence-electron chi connectivity index (χ2n) is 10.7. The van der Waals surface area contributed by atoms with Gasteiger partial charge in [-0.15, -0.1) is 0 Å². The van der Waals surface area contributed by atoms with E-state index in [1.165, 1.54) is 21.9 Å². The minimum atomic E-state index is -0.366. The van der Waals surface area contributed by atoms with Crippen molar-refractivity contribution in [1.82, 2.24) is 4.57 Å². The number of benzene rings is 6. The van der Waals surface area contributed by atoms with Gasteiger partial charge in [0.15, 0.2) is 0 Å². The fourth-order valence-electron chi connectivity index (χ4n) is 5.90. The molecule has 1 atom stereocenters. The molecule has 43 heavy (non-hydrogen) atoms. The number of aliphatic imine (C=N–C) groups is 2. The van der Waals surface area contributed by atoms with E-state index in [0.29, 0.717) is 11.7 Å². The summed E-state index contributed by atoms with van der Waals surface area (Å²) >= 11 is 0. The molecule has 7 aromatic rings. The summed E-state index contributed by atoms with van der Waals surface area (Å²) < 4.78 is 2.35. The Hall–Kier alpha value is -5.74. The van der Waals surface area contributed by atoms with Crippen LogP contribution in [0.25, 0.3) is 43.9 Å². The van der Waals surface area contributed by atoms with Gasteiger partial charge in [-0.25, -0.2) is 0 Å². The van der Waals surface area contributed by atoms with Crippen molar-refractivity contribution in [2.24, 2.45) is 9.98 Å². The van der Waals surface area contributed by atoms with Gasteiger partial charge >= 0.3 is 0 Å². The van der Waals surface area contributed by atoms with Crippen LogP contribution in [0.2, 0.25) is 0 Å². The summed E-state index contributed by atoms with van der Waals surface area (Å²) in [6.07, 6.45) is -0.366. The molecular formula is C39H27N4-. The van der Waals surface area contributed by atoms with Crippen LogP contribution in [0.15, 0.2) is 168 Å². The minimum Gasteiger partial charge on any atom is -0.438 e. The van der Waals surface area contributed by atoms with E-state index in [2.05, 4.69) is 114 Å². The number of amidine groups is 2. The molecular weight excluding hydrogens is 524 g/mol. The number of rotatable bonds is 5. The van der Waals surface area contributed by atoms with Crippen molar-refractivity contribution >= 4 is 33.5 Å². The third kappa shape index (κ3) is 4.59. The molecule has 4 heteroatoms. The lowest BCUT2D eigenvalue weighted by Gasteiger charge is -2.32. The second kappa shape index (κ2) is 10.6. The molecule has 8 rings (SSSR count). The van der Waals surface area contributed by atoms with E-state index in [1.807, 2.05) is 48.5 Å². The van der Waals surface area contributed by atoms with E-state index >= 15 is 0 Å². The monoisotopic (exact) mass is 551 g/mol. The van der Waals surface area contributed by atoms with Crippen LogP contribution >= 0.6 is 0 Å². The van der Waals surface area contributed by atoms with Gasteiger partial charge in [-0.1, -0.05) is 139 Å². The smallest absolute Gasteiger partial charge is 0.0822 e. The SMILES string of the molecule is c1ccc(C2=NC(c3ccccc3)[N-]C(c3cccc(-n4c5ccccc5c5ccc(-c6ccccc6)cc54)c3)=N2)cc1. The van der Waals surface area contributed by atoms with E-state index in [0.717, 1.165) is 33.4 Å². The van der Waals surface area contributed by atoms with Gasteiger partial charge in [0, 0.05) is 16.5 Å². The normalized spacial score (nSPS) is 14.7. The van der Waals surface area contributed by atoms with Crippen LogP contribution in [0, 0.1) is 0 Å². The summed E-state index contributed by atoms with van der Waals surface area (Å²) in [7, 11) is 0. The van der Waals surface area contributed by atoms with Crippen molar-refractivity contribution in [3.63, 3.8) is 0 Å². The van der Waals surface area contributed by atoms with Crippen LogP contribution in [0.1, 0.15) is 22.9 Å². The number of para-hydroxylation sites is 1. The van der Waals surface area contributed by atoms with Gasteiger partial charge in [-0.05, 0) is 52.1 Å². The highest BCUT2D eigenvalue weighted by Gasteiger charge is 2.16. The topological polar surface area (TPSA) is 43.8 Å². The summed E-state index contributed by atoms with van der Waals surface area (Å²) in [5.41, 5.74) is 8.74. The molecule has 0 bridgehead atoms. The first kappa shape index (κ1) is 25.0. The fraction of sp³-hybridized carbons (Fsp3) is 0.0256. The maximum Gasteiger partial charge on any atom is 0.0822 e. The van der Waals surface area contributed by atoms with Gasteiger partial charge in [0.1, 0.15) is 0 Å². The van der Waals surface area contributed by atoms with Gasteiger partial charge in [0.2, 0.25) is 0 Å². The van der Waals surface area contributed by atoms with E-state index in [1.54, 1.807) is 0 Å².